The fourth-order valence-electron chi connectivity index (χ4n) is 3.06. The highest BCUT2D eigenvalue weighted by atomic mass is 35.5. The first-order valence-electron chi connectivity index (χ1n) is 10.5. The molecule has 0 spiro atoms. The van der Waals surface area contributed by atoms with Gasteiger partial charge in [0.1, 0.15) is 0 Å². The smallest absolute Gasteiger partial charge is 0.237 e. The number of halogens is 1. The van der Waals surface area contributed by atoms with Gasteiger partial charge in [0.2, 0.25) is 11.8 Å². The van der Waals surface area contributed by atoms with Gasteiger partial charge in [-0.25, -0.2) is 0 Å². The standard InChI is InChI=1S/C26H27ClN2O2S/c1-17(2)20-6-10-23(11-7-20)29-26(31)18(3)32-24-14-12-22(13-15-24)28-25(30)16-19-4-8-21(27)9-5-19/h4-15,17-18H,16H2,1-3H3,(H,28,30)(H,29,31). The summed E-state index contributed by atoms with van der Waals surface area (Å²) < 4.78 is 0. The Hall–Kier alpha value is -2.76. The Bertz CT molecular complexity index is 1050. The summed E-state index contributed by atoms with van der Waals surface area (Å²) in [5, 5.41) is 6.25. The summed E-state index contributed by atoms with van der Waals surface area (Å²) >= 11 is 7.35. The maximum atomic E-state index is 12.5. The Kier molecular flexibility index (Phi) is 8.37. The second-order valence-electron chi connectivity index (χ2n) is 7.90. The fraction of sp³-hybridized carbons (Fsp3) is 0.231. The highest BCUT2D eigenvalue weighted by Crippen LogP contribution is 2.26. The van der Waals surface area contributed by atoms with E-state index in [0.29, 0.717) is 10.9 Å². The van der Waals surface area contributed by atoms with Crippen LogP contribution in [0, 0.1) is 0 Å². The van der Waals surface area contributed by atoms with E-state index in [-0.39, 0.29) is 23.5 Å². The molecule has 0 heterocycles. The van der Waals surface area contributed by atoms with Crippen molar-refractivity contribution in [2.75, 3.05) is 10.6 Å². The molecule has 2 N–H and O–H groups in total. The summed E-state index contributed by atoms with van der Waals surface area (Å²) in [5.41, 5.74) is 3.66. The van der Waals surface area contributed by atoms with Crippen molar-refractivity contribution in [3.8, 4) is 0 Å². The lowest BCUT2D eigenvalue weighted by Crippen LogP contribution is -2.22. The molecule has 0 aliphatic heterocycles. The molecule has 0 saturated heterocycles. The highest BCUT2D eigenvalue weighted by Gasteiger charge is 2.15. The summed E-state index contributed by atoms with van der Waals surface area (Å²) in [6, 6.07) is 22.7. The van der Waals surface area contributed by atoms with E-state index in [1.807, 2.05) is 67.6 Å². The van der Waals surface area contributed by atoms with Crippen LogP contribution in [-0.2, 0) is 16.0 Å². The monoisotopic (exact) mass is 466 g/mol. The SMILES string of the molecule is CC(Sc1ccc(NC(=O)Cc2ccc(Cl)cc2)cc1)C(=O)Nc1ccc(C(C)C)cc1. The van der Waals surface area contributed by atoms with Gasteiger partial charge in [0.25, 0.3) is 0 Å². The summed E-state index contributed by atoms with van der Waals surface area (Å²) in [4.78, 5) is 25.8. The van der Waals surface area contributed by atoms with Crippen LogP contribution in [0.4, 0.5) is 11.4 Å². The molecule has 0 aliphatic rings. The Labute approximate surface area is 198 Å². The van der Waals surface area contributed by atoms with Gasteiger partial charge in [0.15, 0.2) is 0 Å². The Morgan fingerprint density at radius 2 is 1.38 bits per heavy atom. The molecule has 0 fully saturated rings. The van der Waals surface area contributed by atoms with Gasteiger partial charge in [-0.2, -0.15) is 0 Å². The van der Waals surface area contributed by atoms with E-state index in [9.17, 15) is 9.59 Å². The number of rotatable bonds is 8. The van der Waals surface area contributed by atoms with E-state index in [1.165, 1.54) is 17.3 Å². The molecule has 4 nitrogen and oxygen atoms in total. The number of hydrogen-bond donors (Lipinski definition) is 2. The number of amides is 2. The molecule has 166 valence electrons. The van der Waals surface area contributed by atoms with Crippen molar-refractivity contribution in [3.63, 3.8) is 0 Å². The molecule has 3 rings (SSSR count). The van der Waals surface area contributed by atoms with Crippen LogP contribution in [0.5, 0.6) is 0 Å². The second-order valence-corrected chi connectivity index (χ2v) is 9.75. The lowest BCUT2D eigenvalue weighted by molar-refractivity contribution is -0.116. The van der Waals surface area contributed by atoms with Crippen LogP contribution in [0.15, 0.2) is 77.7 Å². The van der Waals surface area contributed by atoms with Crippen molar-refractivity contribution in [2.45, 2.75) is 43.3 Å². The zero-order chi connectivity index (χ0) is 23.1. The zero-order valence-corrected chi connectivity index (χ0v) is 20.0. The predicted molar refractivity (Wildman–Crippen MR) is 135 cm³/mol. The van der Waals surface area contributed by atoms with Crippen LogP contribution in [-0.4, -0.2) is 17.1 Å². The van der Waals surface area contributed by atoms with Gasteiger partial charge in [-0.1, -0.05) is 49.7 Å². The lowest BCUT2D eigenvalue weighted by atomic mass is 10.0. The quantitative estimate of drug-likeness (QED) is 0.360. The molecule has 0 bridgehead atoms. The summed E-state index contributed by atoms with van der Waals surface area (Å²) in [6.45, 7) is 6.16. The highest BCUT2D eigenvalue weighted by molar-refractivity contribution is 8.00. The van der Waals surface area contributed by atoms with E-state index in [4.69, 9.17) is 11.6 Å². The second kappa shape index (κ2) is 11.2. The topological polar surface area (TPSA) is 58.2 Å². The van der Waals surface area contributed by atoms with Crippen LogP contribution in [0.2, 0.25) is 5.02 Å². The van der Waals surface area contributed by atoms with Crippen molar-refractivity contribution < 1.29 is 9.59 Å². The molecule has 1 atom stereocenters. The van der Waals surface area contributed by atoms with Crippen molar-refractivity contribution in [3.05, 3.63) is 88.9 Å². The zero-order valence-electron chi connectivity index (χ0n) is 18.4. The van der Waals surface area contributed by atoms with Gasteiger partial charge in [-0.15, -0.1) is 11.8 Å². The van der Waals surface area contributed by atoms with Gasteiger partial charge in [-0.3, -0.25) is 9.59 Å². The molecule has 0 radical (unpaired) electrons. The molecule has 32 heavy (non-hydrogen) atoms. The van der Waals surface area contributed by atoms with E-state index in [2.05, 4.69) is 24.5 Å². The molecule has 3 aromatic rings. The molecular formula is C26H27ClN2O2S. The molecule has 0 aromatic heterocycles. The minimum Gasteiger partial charge on any atom is -0.326 e. The first kappa shape index (κ1) is 23.9. The van der Waals surface area contributed by atoms with Crippen molar-refractivity contribution in [2.24, 2.45) is 0 Å². The molecule has 1 unspecified atom stereocenters. The number of thioether (sulfide) groups is 1. The number of carbonyl (C=O) groups excluding carboxylic acids is 2. The number of carbonyl (C=O) groups is 2. The van der Waals surface area contributed by atoms with E-state index < -0.39 is 0 Å². The van der Waals surface area contributed by atoms with Gasteiger partial charge >= 0.3 is 0 Å². The van der Waals surface area contributed by atoms with Gasteiger partial charge < -0.3 is 10.6 Å². The molecule has 6 heteroatoms. The number of anilines is 2. The largest absolute Gasteiger partial charge is 0.326 e. The average molecular weight is 467 g/mol. The normalized spacial score (nSPS) is 11.8. The maximum absolute atomic E-state index is 12.5. The Morgan fingerprint density at radius 1 is 0.812 bits per heavy atom. The van der Waals surface area contributed by atoms with Crippen LogP contribution >= 0.6 is 23.4 Å². The van der Waals surface area contributed by atoms with Crippen LogP contribution in [0.25, 0.3) is 0 Å². The maximum Gasteiger partial charge on any atom is 0.237 e. The third kappa shape index (κ3) is 7.14. The van der Waals surface area contributed by atoms with Gasteiger partial charge in [-0.05, 0) is 72.5 Å². The minimum absolute atomic E-state index is 0.0485. The lowest BCUT2D eigenvalue weighted by Gasteiger charge is -2.13. The third-order valence-electron chi connectivity index (χ3n) is 4.94. The number of nitrogens with one attached hydrogen (secondary N) is 2. The van der Waals surface area contributed by atoms with Crippen LogP contribution in [0.1, 0.15) is 37.8 Å². The third-order valence-corrected chi connectivity index (χ3v) is 6.31. The van der Waals surface area contributed by atoms with Crippen LogP contribution < -0.4 is 10.6 Å². The van der Waals surface area contributed by atoms with E-state index in [0.717, 1.165) is 21.8 Å². The molecule has 2 amide bonds. The van der Waals surface area contributed by atoms with Crippen LogP contribution in [0.3, 0.4) is 0 Å². The average Bonchev–Trinajstić information content (AvgIpc) is 2.77. The Morgan fingerprint density at radius 3 is 1.97 bits per heavy atom. The summed E-state index contributed by atoms with van der Waals surface area (Å²) in [6.07, 6.45) is 0.281. The molecule has 0 saturated carbocycles. The van der Waals surface area contributed by atoms with Gasteiger partial charge in [0.05, 0.1) is 11.7 Å². The predicted octanol–water partition coefficient (Wildman–Crippen LogP) is 6.76. The van der Waals surface area contributed by atoms with Crippen molar-refractivity contribution >= 4 is 46.6 Å². The van der Waals surface area contributed by atoms with Gasteiger partial charge in [0, 0.05) is 21.3 Å². The summed E-state index contributed by atoms with van der Waals surface area (Å²) in [7, 11) is 0. The fourth-order valence-corrected chi connectivity index (χ4v) is 4.06. The van der Waals surface area contributed by atoms with E-state index >= 15 is 0 Å². The number of benzene rings is 3. The van der Waals surface area contributed by atoms with Crippen molar-refractivity contribution in [1.29, 1.82) is 0 Å². The molecule has 0 aliphatic carbocycles. The first-order chi connectivity index (χ1) is 15.3. The number of hydrogen-bond acceptors (Lipinski definition) is 3. The minimum atomic E-state index is -0.259. The molecular weight excluding hydrogens is 440 g/mol. The first-order valence-corrected chi connectivity index (χ1v) is 11.8. The van der Waals surface area contributed by atoms with Crippen molar-refractivity contribution in [1.82, 2.24) is 0 Å². The molecule has 3 aromatic carbocycles. The van der Waals surface area contributed by atoms with E-state index in [1.54, 1.807) is 12.1 Å². The summed E-state index contributed by atoms with van der Waals surface area (Å²) in [5.74, 6) is 0.316. The Balaban J connectivity index is 1.50.